The Bertz CT molecular complexity index is 756. The lowest BCUT2D eigenvalue weighted by atomic mass is 10.1. The third kappa shape index (κ3) is 3.75. The molecule has 1 heterocycles. The number of rotatable bonds is 5. The Morgan fingerprint density at radius 3 is 2.41 bits per heavy atom. The smallest absolute Gasteiger partial charge is 0.302 e. The van der Waals surface area contributed by atoms with E-state index in [9.17, 15) is 8.42 Å². The molecule has 0 fully saturated rings. The van der Waals surface area contributed by atoms with E-state index < -0.39 is 10.2 Å². The monoisotopic (exact) mass is 320 g/mol. The van der Waals surface area contributed by atoms with Gasteiger partial charge in [-0.05, 0) is 43.2 Å². The molecule has 0 aliphatic rings. The first-order valence-electron chi connectivity index (χ1n) is 6.79. The maximum Gasteiger partial charge on any atom is 0.302 e. The highest BCUT2D eigenvalue weighted by molar-refractivity contribution is 7.90. The maximum absolute atomic E-state index is 11.7. The summed E-state index contributed by atoms with van der Waals surface area (Å²) in [7, 11) is -0.621. The van der Waals surface area contributed by atoms with Crippen molar-refractivity contribution in [2.24, 2.45) is 0 Å². The number of aryl methyl sites for hydroxylation is 1. The van der Waals surface area contributed by atoms with Gasteiger partial charge in [-0.25, -0.2) is 4.98 Å². The Morgan fingerprint density at radius 2 is 1.82 bits per heavy atom. The van der Waals surface area contributed by atoms with E-state index in [1.54, 1.807) is 18.3 Å². The number of hydrogen-bond acceptors (Lipinski definition) is 4. The number of benzene rings is 1. The molecule has 0 bridgehead atoms. The van der Waals surface area contributed by atoms with Crippen molar-refractivity contribution in [2.45, 2.75) is 13.8 Å². The number of anilines is 3. The molecule has 0 unspecified atom stereocenters. The molecule has 2 rings (SSSR count). The molecule has 0 atom stereocenters. The van der Waals surface area contributed by atoms with Gasteiger partial charge in [-0.15, -0.1) is 0 Å². The van der Waals surface area contributed by atoms with E-state index in [0.717, 1.165) is 15.7 Å². The molecule has 0 saturated heterocycles. The Hall–Kier alpha value is -2.12. The molecule has 0 aliphatic carbocycles. The Balaban J connectivity index is 2.14. The van der Waals surface area contributed by atoms with Gasteiger partial charge in [0.1, 0.15) is 5.82 Å². The van der Waals surface area contributed by atoms with Gasteiger partial charge in [0, 0.05) is 19.8 Å². The summed E-state index contributed by atoms with van der Waals surface area (Å²) in [6, 6.07) is 9.43. The molecule has 6 nitrogen and oxygen atoms in total. The zero-order valence-electron chi connectivity index (χ0n) is 13.1. The van der Waals surface area contributed by atoms with Crippen LogP contribution in [0, 0.1) is 13.8 Å². The third-order valence-corrected chi connectivity index (χ3v) is 4.79. The number of aromatic nitrogens is 1. The highest BCUT2D eigenvalue weighted by Crippen LogP contribution is 2.23. The second-order valence-electron chi connectivity index (χ2n) is 5.19. The van der Waals surface area contributed by atoms with Crippen molar-refractivity contribution >= 4 is 27.4 Å². The average Bonchev–Trinajstić information content (AvgIpc) is 2.45. The van der Waals surface area contributed by atoms with E-state index >= 15 is 0 Å². The quantitative estimate of drug-likeness (QED) is 0.888. The van der Waals surface area contributed by atoms with Crippen LogP contribution in [0.5, 0.6) is 0 Å². The summed E-state index contributed by atoms with van der Waals surface area (Å²) in [4.78, 5) is 4.12. The fraction of sp³-hybridized carbons (Fsp3) is 0.267. The fourth-order valence-electron chi connectivity index (χ4n) is 1.79. The third-order valence-electron chi connectivity index (χ3n) is 3.36. The Labute approximate surface area is 131 Å². The van der Waals surface area contributed by atoms with Crippen molar-refractivity contribution in [3.05, 3.63) is 47.7 Å². The standard InChI is InChI=1S/C15H20N4O2S/c1-11-6-5-7-14(12(11)2)17-13-8-9-15(16-10-13)18-22(20,21)19(3)4/h5-10,17H,1-4H3,(H,16,18). The lowest BCUT2D eigenvalue weighted by Crippen LogP contribution is -2.29. The molecule has 2 aromatic rings. The van der Waals surface area contributed by atoms with Crippen molar-refractivity contribution in [3.8, 4) is 0 Å². The molecule has 0 spiro atoms. The molecule has 0 amide bonds. The minimum Gasteiger partial charge on any atom is -0.354 e. The van der Waals surface area contributed by atoms with Gasteiger partial charge >= 0.3 is 10.2 Å². The molecule has 22 heavy (non-hydrogen) atoms. The van der Waals surface area contributed by atoms with Gasteiger partial charge in [-0.2, -0.15) is 12.7 Å². The molecule has 0 radical (unpaired) electrons. The van der Waals surface area contributed by atoms with Crippen molar-refractivity contribution in [1.82, 2.24) is 9.29 Å². The van der Waals surface area contributed by atoms with Crippen LogP contribution in [0.25, 0.3) is 0 Å². The molecule has 0 saturated carbocycles. The fourth-order valence-corrected chi connectivity index (χ4v) is 2.36. The summed E-state index contributed by atoms with van der Waals surface area (Å²) in [5, 5.41) is 3.28. The number of hydrogen-bond donors (Lipinski definition) is 2. The van der Waals surface area contributed by atoms with Crippen LogP contribution in [-0.4, -0.2) is 31.8 Å². The van der Waals surface area contributed by atoms with E-state index in [2.05, 4.69) is 28.0 Å². The predicted molar refractivity (Wildman–Crippen MR) is 89.7 cm³/mol. The van der Waals surface area contributed by atoms with Gasteiger partial charge in [0.05, 0.1) is 11.9 Å². The van der Waals surface area contributed by atoms with Crippen LogP contribution in [0.4, 0.5) is 17.2 Å². The Morgan fingerprint density at radius 1 is 1.09 bits per heavy atom. The summed E-state index contributed by atoms with van der Waals surface area (Å²) in [5.41, 5.74) is 4.16. The van der Waals surface area contributed by atoms with Crippen LogP contribution in [0.15, 0.2) is 36.5 Å². The largest absolute Gasteiger partial charge is 0.354 e. The van der Waals surface area contributed by atoms with E-state index in [1.165, 1.54) is 25.2 Å². The average molecular weight is 320 g/mol. The van der Waals surface area contributed by atoms with Crippen LogP contribution in [-0.2, 0) is 10.2 Å². The highest BCUT2D eigenvalue weighted by Gasteiger charge is 2.13. The summed E-state index contributed by atoms with van der Waals surface area (Å²) < 4.78 is 26.9. The van der Waals surface area contributed by atoms with Gasteiger partial charge in [0.25, 0.3) is 0 Å². The predicted octanol–water partition coefficient (Wildman–Crippen LogP) is 2.66. The lowest BCUT2D eigenvalue weighted by Gasteiger charge is -2.14. The van der Waals surface area contributed by atoms with Crippen molar-refractivity contribution < 1.29 is 8.42 Å². The van der Waals surface area contributed by atoms with E-state index in [4.69, 9.17) is 0 Å². The van der Waals surface area contributed by atoms with Gasteiger partial charge in [0.2, 0.25) is 0 Å². The van der Waals surface area contributed by atoms with E-state index in [-0.39, 0.29) is 5.82 Å². The highest BCUT2D eigenvalue weighted by atomic mass is 32.2. The molecule has 2 N–H and O–H groups in total. The van der Waals surface area contributed by atoms with Gasteiger partial charge < -0.3 is 5.32 Å². The zero-order chi connectivity index (χ0) is 16.3. The van der Waals surface area contributed by atoms with Gasteiger partial charge in [-0.1, -0.05) is 12.1 Å². The van der Waals surface area contributed by atoms with Gasteiger partial charge in [0.15, 0.2) is 0 Å². The first kappa shape index (κ1) is 16.3. The topological polar surface area (TPSA) is 74.3 Å². The van der Waals surface area contributed by atoms with Crippen LogP contribution in [0.2, 0.25) is 0 Å². The van der Waals surface area contributed by atoms with E-state index in [1.807, 2.05) is 19.1 Å². The summed E-state index contributed by atoms with van der Waals surface area (Å²) in [6.07, 6.45) is 1.59. The van der Waals surface area contributed by atoms with Gasteiger partial charge in [-0.3, -0.25) is 4.72 Å². The Kier molecular flexibility index (Phi) is 4.68. The van der Waals surface area contributed by atoms with Crippen molar-refractivity contribution in [3.63, 3.8) is 0 Å². The molecule has 1 aromatic heterocycles. The normalized spacial score (nSPS) is 11.5. The summed E-state index contributed by atoms with van der Waals surface area (Å²) in [5.74, 6) is 0.278. The SMILES string of the molecule is Cc1cccc(Nc2ccc(NS(=O)(=O)N(C)C)nc2)c1C. The molecular weight excluding hydrogens is 300 g/mol. The van der Waals surface area contributed by atoms with Crippen LogP contribution < -0.4 is 10.0 Å². The molecule has 118 valence electrons. The van der Waals surface area contributed by atoms with Crippen LogP contribution >= 0.6 is 0 Å². The number of pyridine rings is 1. The lowest BCUT2D eigenvalue weighted by molar-refractivity contribution is 0.526. The van der Waals surface area contributed by atoms with Crippen molar-refractivity contribution in [2.75, 3.05) is 24.1 Å². The van der Waals surface area contributed by atoms with Crippen LogP contribution in [0.3, 0.4) is 0 Å². The molecular formula is C15H20N4O2S. The second-order valence-corrected chi connectivity index (χ2v) is 7.08. The van der Waals surface area contributed by atoms with Crippen LogP contribution in [0.1, 0.15) is 11.1 Å². The van der Waals surface area contributed by atoms with E-state index in [0.29, 0.717) is 0 Å². The summed E-state index contributed by atoms with van der Waals surface area (Å²) in [6.45, 7) is 4.10. The first-order valence-corrected chi connectivity index (χ1v) is 8.23. The minimum atomic E-state index is -3.53. The summed E-state index contributed by atoms with van der Waals surface area (Å²) >= 11 is 0. The number of nitrogens with zero attached hydrogens (tertiary/aromatic N) is 2. The molecule has 0 aliphatic heterocycles. The maximum atomic E-state index is 11.7. The molecule has 7 heteroatoms. The molecule has 1 aromatic carbocycles. The zero-order valence-corrected chi connectivity index (χ0v) is 13.9. The minimum absolute atomic E-state index is 0.278. The second kappa shape index (κ2) is 6.33. The van der Waals surface area contributed by atoms with Crippen molar-refractivity contribution in [1.29, 1.82) is 0 Å². The number of nitrogens with one attached hydrogen (secondary N) is 2. The first-order chi connectivity index (χ1) is 10.3.